The number of imide groups is 1. The van der Waals surface area contributed by atoms with Crippen molar-refractivity contribution in [2.75, 3.05) is 14.1 Å². The van der Waals surface area contributed by atoms with Crippen LogP contribution in [-0.2, 0) is 19.6 Å². The first-order valence-corrected chi connectivity index (χ1v) is 8.45. The maximum atomic E-state index is 12.0. The molecule has 0 fully saturated rings. The van der Waals surface area contributed by atoms with Crippen LogP contribution in [0.25, 0.3) is 0 Å². The van der Waals surface area contributed by atoms with Gasteiger partial charge in [0, 0.05) is 7.05 Å². The third-order valence-electron chi connectivity index (χ3n) is 2.84. The molecular formula is C13H16ClN3O6S. The minimum Gasteiger partial charge on any atom is -0.449 e. The highest BCUT2D eigenvalue weighted by Gasteiger charge is 2.23. The summed E-state index contributed by atoms with van der Waals surface area (Å²) >= 11 is 5.81. The Kier molecular flexibility index (Phi) is 6.70. The van der Waals surface area contributed by atoms with Gasteiger partial charge in [-0.15, -0.1) is 0 Å². The van der Waals surface area contributed by atoms with Crippen molar-refractivity contribution in [2.24, 2.45) is 0 Å². The maximum Gasteiger partial charge on any atom is 0.338 e. The van der Waals surface area contributed by atoms with Gasteiger partial charge in [-0.2, -0.15) is 0 Å². The molecule has 0 unspecified atom stereocenters. The average Bonchev–Trinajstić information content (AvgIpc) is 2.54. The molecule has 1 aromatic rings. The lowest BCUT2D eigenvalue weighted by molar-refractivity contribution is -0.127. The number of sulfonamides is 1. The summed E-state index contributed by atoms with van der Waals surface area (Å²) < 4.78 is 30.6. The van der Waals surface area contributed by atoms with E-state index >= 15 is 0 Å². The molecule has 1 aromatic carbocycles. The first-order valence-electron chi connectivity index (χ1n) is 6.59. The van der Waals surface area contributed by atoms with Crippen molar-refractivity contribution < 1.29 is 27.5 Å². The molecule has 0 heterocycles. The summed E-state index contributed by atoms with van der Waals surface area (Å²) in [7, 11) is -1.36. The van der Waals surface area contributed by atoms with E-state index in [4.69, 9.17) is 16.3 Å². The second kappa shape index (κ2) is 8.08. The summed E-state index contributed by atoms with van der Waals surface area (Å²) in [6, 6.07) is 2.75. The Bertz CT molecular complexity index is 765. The van der Waals surface area contributed by atoms with Gasteiger partial charge in [0.15, 0.2) is 6.10 Å². The lowest BCUT2D eigenvalue weighted by Crippen LogP contribution is -2.43. The second-order valence-corrected chi connectivity index (χ2v) is 6.73. The number of carbonyl (C=O) groups excluding carboxylic acids is 3. The number of rotatable bonds is 5. The van der Waals surface area contributed by atoms with Crippen LogP contribution in [0.1, 0.15) is 17.3 Å². The highest BCUT2D eigenvalue weighted by Crippen LogP contribution is 2.23. The predicted molar refractivity (Wildman–Crippen MR) is 85.2 cm³/mol. The number of carbonyl (C=O) groups is 3. The van der Waals surface area contributed by atoms with Gasteiger partial charge in [-0.05, 0) is 32.2 Å². The molecule has 1 rings (SSSR count). The van der Waals surface area contributed by atoms with Crippen LogP contribution in [0.2, 0.25) is 5.02 Å². The summed E-state index contributed by atoms with van der Waals surface area (Å²) in [5.41, 5.74) is -0.118. The van der Waals surface area contributed by atoms with Crippen LogP contribution in [0.4, 0.5) is 4.79 Å². The molecule has 0 aliphatic rings. The summed E-state index contributed by atoms with van der Waals surface area (Å²) in [4.78, 5) is 34.4. The van der Waals surface area contributed by atoms with Gasteiger partial charge in [-0.25, -0.2) is 22.7 Å². The molecule has 132 valence electrons. The van der Waals surface area contributed by atoms with E-state index in [1.165, 1.54) is 33.2 Å². The van der Waals surface area contributed by atoms with Crippen molar-refractivity contribution in [1.82, 2.24) is 15.4 Å². The zero-order chi connectivity index (χ0) is 18.5. The fraction of sp³-hybridized carbons (Fsp3) is 0.308. The van der Waals surface area contributed by atoms with Crippen LogP contribution in [0.15, 0.2) is 23.1 Å². The van der Waals surface area contributed by atoms with Gasteiger partial charge < -0.3 is 10.1 Å². The minimum absolute atomic E-state index is 0.0775. The second-order valence-electron chi connectivity index (χ2n) is 4.47. The number of hydrogen-bond donors (Lipinski definition) is 3. The molecule has 24 heavy (non-hydrogen) atoms. The lowest BCUT2D eigenvalue weighted by Gasteiger charge is -2.13. The molecule has 0 bridgehead atoms. The van der Waals surface area contributed by atoms with Gasteiger partial charge in [-0.3, -0.25) is 10.1 Å². The standard InChI is InChI=1S/C13H16ClN3O6S/c1-7(11(18)17-13(20)15-2)23-12(19)8-4-5-9(14)10(6-8)24(21,22)16-3/h4-7,16H,1-3H3,(H2,15,17,18,20)/t7-/m1/s1. The number of benzene rings is 1. The smallest absolute Gasteiger partial charge is 0.338 e. The highest BCUT2D eigenvalue weighted by atomic mass is 35.5. The molecule has 0 saturated carbocycles. The number of halogens is 1. The fourth-order valence-corrected chi connectivity index (χ4v) is 2.75. The van der Waals surface area contributed by atoms with Gasteiger partial charge >= 0.3 is 12.0 Å². The molecular weight excluding hydrogens is 362 g/mol. The quantitative estimate of drug-likeness (QED) is 0.630. The van der Waals surface area contributed by atoms with Gasteiger partial charge in [0.25, 0.3) is 5.91 Å². The average molecular weight is 378 g/mol. The SMILES string of the molecule is CNC(=O)NC(=O)[C@@H](C)OC(=O)c1ccc(Cl)c(S(=O)(=O)NC)c1. The zero-order valence-electron chi connectivity index (χ0n) is 13.0. The lowest BCUT2D eigenvalue weighted by atomic mass is 10.2. The van der Waals surface area contributed by atoms with Gasteiger partial charge in [0.2, 0.25) is 10.0 Å². The number of esters is 1. The van der Waals surface area contributed by atoms with E-state index < -0.39 is 34.0 Å². The van der Waals surface area contributed by atoms with Gasteiger partial charge in [0.05, 0.1) is 10.6 Å². The van der Waals surface area contributed by atoms with Crippen molar-refractivity contribution in [3.63, 3.8) is 0 Å². The van der Waals surface area contributed by atoms with Crippen molar-refractivity contribution in [2.45, 2.75) is 17.9 Å². The van der Waals surface area contributed by atoms with E-state index in [1.54, 1.807) is 0 Å². The topological polar surface area (TPSA) is 131 Å². The maximum absolute atomic E-state index is 12.0. The molecule has 3 amide bonds. The van der Waals surface area contributed by atoms with Crippen LogP contribution in [0.5, 0.6) is 0 Å². The number of hydrogen-bond acceptors (Lipinski definition) is 6. The third kappa shape index (κ3) is 4.91. The number of ether oxygens (including phenoxy) is 1. The van der Waals surface area contributed by atoms with Gasteiger partial charge in [-0.1, -0.05) is 11.6 Å². The van der Waals surface area contributed by atoms with E-state index in [9.17, 15) is 22.8 Å². The number of nitrogens with one attached hydrogen (secondary N) is 3. The van der Waals surface area contributed by atoms with E-state index in [1.807, 2.05) is 5.32 Å². The molecule has 11 heteroatoms. The highest BCUT2D eigenvalue weighted by molar-refractivity contribution is 7.89. The van der Waals surface area contributed by atoms with Crippen molar-refractivity contribution in [1.29, 1.82) is 0 Å². The largest absolute Gasteiger partial charge is 0.449 e. The van der Waals surface area contributed by atoms with Crippen LogP contribution in [0.3, 0.4) is 0 Å². The molecule has 9 nitrogen and oxygen atoms in total. The van der Waals surface area contributed by atoms with Crippen LogP contribution >= 0.6 is 11.6 Å². The summed E-state index contributed by atoms with van der Waals surface area (Å²) in [5.74, 6) is -1.78. The monoisotopic (exact) mass is 377 g/mol. The first-order chi connectivity index (χ1) is 11.1. The third-order valence-corrected chi connectivity index (χ3v) is 4.74. The Morgan fingerprint density at radius 1 is 1.21 bits per heavy atom. The van der Waals surface area contributed by atoms with E-state index in [2.05, 4.69) is 10.0 Å². The van der Waals surface area contributed by atoms with E-state index in [0.29, 0.717) is 0 Å². The molecule has 0 aliphatic carbocycles. The Balaban J connectivity index is 2.95. The van der Waals surface area contributed by atoms with Crippen LogP contribution < -0.4 is 15.4 Å². The summed E-state index contributed by atoms with van der Waals surface area (Å²) in [5, 5.41) is 4.04. The Morgan fingerprint density at radius 3 is 2.38 bits per heavy atom. The van der Waals surface area contributed by atoms with E-state index in [0.717, 1.165) is 6.07 Å². The van der Waals surface area contributed by atoms with Crippen molar-refractivity contribution in [3.05, 3.63) is 28.8 Å². The molecule has 0 radical (unpaired) electrons. The molecule has 0 saturated heterocycles. The Morgan fingerprint density at radius 2 is 1.83 bits per heavy atom. The first kappa shape index (κ1) is 19.9. The van der Waals surface area contributed by atoms with Gasteiger partial charge in [0.1, 0.15) is 4.90 Å². The zero-order valence-corrected chi connectivity index (χ0v) is 14.6. The molecule has 0 spiro atoms. The number of urea groups is 1. The van der Waals surface area contributed by atoms with Crippen molar-refractivity contribution in [3.8, 4) is 0 Å². The summed E-state index contributed by atoms with van der Waals surface area (Å²) in [6.45, 7) is 1.26. The molecule has 0 aliphatic heterocycles. The Hall–Kier alpha value is -2.17. The minimum atomic E-state index is -3.87. The summed E-state index contributed by atoms with van der Waals surface area (Å²) in [6.07, 6.45) is -1.27. The molecule has 0 aromatic heterocycles. The number of amides is 3. The van der Waals surface area contributed by atoms with Crippen LogP contribution in [0, 0.1) is 0 Å². The Labute approximate surface area is 143 Å². The normalized spacial score (nSPS) is 12.2. The van der Waals surface area contributed by atoms with Crippen LogP contribution in [-0.4, -0.2) is 46.5 Å². The molecule has 3 N–H and O–H groups in total. The predicted octanol–water partition coefficient (Wildman–Crippen LogP) is 0.249. The van der Waals surface area contributed by atoms with Crippen molar-refractivity contribution >= 4 is 39.5 Å². The molecule has 1 atom stereocenters. The van der Waals surface area contributed by atoms with E-state index in [-0.39, 0.29) is 15.5 Å². The fourth-order valence-electron chi connectivity index (χ4n) is 1.50.